The van der Waals surface area contributed by atoms with Gasteiger partial charge in [0.2, 0.25) is 0 Å². The second-order valence-corrected chi connectivity index (χ2v) is 6.08. The molecule has 0 radical (unpaired) electrons. The van der Waals surface area contributed by atoms with E-state index in [-0.39, 0.29) is 0 Å². The topological polar surface area (TPSA) is 0 Å². The van der Waals surface area contributed by atoms with Gasteiger partial charge >= 0.3 is 0 Å². The van der Waals surface area contributed by atoms with E-state index in [1.165, 1.54) is 12.8 Å². The van der Waals surface area contributed by atoms with Crippen LogP contribution in [0.1, 0.15) is 54.4 Å². The Morgan fingerprint density at radius 3 is 1.77 bits per heavy atom. The zero-order valence-electron chi connectivity index (χ0n) is 10.2. The summed E-state index contributed by atoms with van der Waals surface area (Å²) in [6, 6.07) is 0. The van der Waals surface area contributed by atoms with Crippen molar-refractivity contribution in [3.05, 3.63) is 0 Å². The van der Waals surface area contributed by atoms with Crippen LogP contribution in [0.15, 0.2) is 0 Å². The lowest BCUT2D eigenvalue weighted by Crippen LogP contribution is -2.42. The van der Waals surface area contributed by atoms with E-state index in [1.807, 2.05) is 0 Å². The van der Waals surface area contributed by atoms with Crippen LogP contribution in [0.4, 0.5) is 0 Å². The van der Waals surface area contributed by atoms with Gasteiger partial charge in [0.25, 0.3) is 0 Å². The first-order chi connectivity index (χ1) is 5.87. The average Bonchev–Trinajstić information content (AvgIpc) is 1.96. The van der Waals surface area contributed by atoms with Gasteiger partial charge in [-0.05, 0) is 41.9 Å². The molecule has 13 heavy (non-hydrogen) atoms. The molecule has 0 aliphatic heterocycles. The first-order valence-electron chi connectivity index (χ1n) is 5.87. The molecule has 0 N–H and O–H groups in total. The zero-order valence-corrected chi connectivity index (χ0v) is 10.2. The molecule has 0 bridgehead atoms. The van der Waals surface area contributed by atoms with Gasteiger partial charge in [0.15, 0.2) is 0 Å². The van der Waals surface area contributed by atoms with Gasteiger partial charge in [-0.3, -0.25) is 0 Å². The minimum Gasteiger partial charge on any atom is -0.0625 e. The molecule has 0 amide bonds. The first kappa shape index (κ1) is 11.1. The summed E-state index contributed by atoms with van der Waals surface area (Å²) in [6.07, 6.45) is 2.92. The highest BCUT2D eigenvalue weighted by atomic mass is 14.5. The van der Waals surface area contributed by atoms with Gasteiger partial charge in [0.05, 0.1) is 0 Å². The minimum absolute atomic E-state index is 0.661. The summed E-state index contributed by atoms with van der Waals surface area (Å²) in [6.45, 7) is 14.3. The Morgan fingerprint density at radius 1 is 1.00 bits per heavy atom. The maximum atomic E-state index is 2.46. The van der Waals surface area contributed by atoms with Gasteiger partial charge in [0, 0.05) is 0 Å². The standard InChI is InChI=1S/C13H26/c1-9(2)11(5)12-7-13(6,8-12)10(3)4/h9-12H,7-8H2,1-6H3. The fraction of sp³-hybridized carbons (Fsp3) is 1.00. The smallest absolute Gasteiger partial charge is 0.0297 e. The van der Waals surface area contributed by atoms with E-state index < -0.39 is 0 Å². The molecule has 0 aromatic rings. The van der Waals surface area contributed by atoms with Crippen LogP contribution in [0, 0.1) is 29.1 Å². The molecule has 0 heterocycles. The van der Waals surface area contributed by atoms with Crippen molar-refractivity contribution in [2.45, 2.75) is 54.4 Å². The fourth-order valence-corrected chi connectivity index (χ4v) is 2.53. The fourth-order valence-electron chi connectivity index (χ4n) is 2.53. The summed E-state index contributed by atoms with van der Waals surface area (Å²) < 4.78 is 0. The van der Waals surface area contributed by atoms with Crippen LogP contribution in [0.25, 0.3) is 0 Å². The SMILES string of the molecule is CC(C)C(C)C1CC(C)(C(C)C)C1. The Bertz CT molecular complexity index is 161. The largest absolute Gasteiger partial charge is 0.0625 e. The van der Waals surface area contributed by atoms with E-state index in [2.05, 4.69) is 41.5 Å². The van der Waals surface area contributed by atoms with E-state index in [0.29, 0.717) is 5.41 Å². The minimum atomic E-state index is 0.661. The summed E-state index contributed by atoms with van der Waals surface area (Å²) >= 11 is 0. The average molecular weight is 182 g/mol. The molecule has 1 rings (SSSR count). The molecule has 0 heteroatoms. The third-order valence-corrected chi connectivity index (χ3v) is 4.65. The van der Waals surface area contributed by atoms with Crippen LogP contribution >= 0.6 is 0 Å². The molecule has 1 atom stereocenters. The monoisotopic (exact) mass is 182 g/mol. The lowest BCUT2D eigenvalue weighted by molar-refractivity contribution is -0.0144. The molecule has 1 saturated carbocycles. The third kappa shape index (κ3) is 2.08. The summed E-state index contributed by atoms with van der Waals surface area (Å²) in [5.74, 6) is 3.66. The molecule has 1 aliphatic rings. The molecule has 0 spiro atoms. The maximum Gasteiger partial charge on any atom is -0.0297 e. The molecule has 1 aliphatic carbocycles. The van der Waals surface area contributed by atoms with Crippen LogP contribution in [-0.2, 0) is 0 Å². The molecule has 0 aromatic carbocycles. The lowest BCUT2D eigenvalue weighted by atomic mass is 9.54. The molecule has 78 valence electrons. The van der Waals surface area contributed by atoms with Crippen molar-refractivity contribution >= 4 is 0 Å². The Labute approximate surface area is 84.1 Å². The molecular formula is C13H26. The summed E-state index contributed by atoms with van der Waals surface area (Å²) in [5.41, 5.74) is 0.661. The Morgan fingerprint density at radius 2 is 1.46 bits per heavy atom. The molecule has 0 aromatic heterocycles. The van der Waals surface area contributed by atoms with E-state index >= 15 is 0 Å². The third-order valence-electron chi connectivity index (χ3n) is 4.65. The number of hydrogen-bond acceptors (Lipinski definition) is 0. The normalized spacial score (nSPS) is 36.5. The van der Waals surface area contributed by atoms with Crippen LogP contribution in [0.5, 0.6) is 0 Å². The van der Waals surface area contributed by atoms with Crippen molar-refractivity contribution in [1.82, 2.24) is 0 Å². The highest BCUT2D eigenvalue weighted by molar-refractivity contribution is 4.94. The van der Waals surface area contributed by atoms with Gasteiger partial charge in [-0.2, -0.15) is 0 Å². The molecule has 1 unspecified atom stereocenters. The van der Waals surface area contributed by atoms with Gasteiger partial charge in [-0.15, -0.1) is 0 Å². The highest BCUT2D eigenvalue weighted by Gasteiger charge is 2.44. The summed E-state index contributed by atoms with van der Waals surface area (Å²) in [5, 5.41) is 0. The van der Waals surface area contributed by atoms with Gasteiger partial charge in [-0.25, -0.2) is 0 Å². The molecule has 0 saturated heterocycles. The van der Waals surface area contributed by atoms with Crippen molar-refractivity contribution < 1.29 is 0 Å². The lowest BCUT2D eigenvalue weighted by Gasteiger charge is -2.51. The van der Waals surface area contributed by atoms with Crippen LogP contribution in [0.3, 0.4) is 0 Å². The summed E-state index contributed by atoms with van der Waals surface area (Å²) in [4.78, 5) is 0. The van der Waals surface area contributed by atoms with E-state index in [9.17, 15) is 0 Å². The van der Waals surface area contributed by atoms with E-state index in [4.69, 9.17) is 0 Å². The highest BCUT2D eigenvalue weighted by Crippen LogP contribution is 2.54. The molecule has 0 nitrogen and oxygen atoms in total. The van der Waals surface area contributed by atoms with Crippen molar-refractivity contribution in [3.8, 4) is 0 Å². The van der Waals surface area contributed by atoms with Crippen molar-refractivity contribution in [2.75, 3.05) is 0 Å². The van der Waals surface area contributed by atoms with Crippen LogP contribution < -0.4 is 0 Å². The second-order valence-electron chi connectivity index (χ2n) is 6.08. The molecule has 1 fully saturated rings. The molecular weight excluding hydrogens is 156 g/mol. The second kappa shape index (κ2) is 3.63. The Kier molecular flexibility index (Phi) is 3.09. The van der Waals surface area contributed by atoms with E-state index in [0.717, 1.165) is 23.7 Å². The van der Waals surface area contributed by atoms with Gasteiger partial charge in [-0.1, -0.05) is 41.5 Å². The Hall–Kier alpha value is 0. The van der Waals surface area contributed by atoms with Crippen molar-refractivity contribution in [1.29, 1.82) is 0 Å². The predicted octanol–water partition coefficient (Wildman–Crippen LogP) is 4.35. The van der Waals surface area contributed by atoms with Gasteiger partial charge in [0.1, 0.15) is 0 Å². The quantitative estimate of drug-likeness (QED) is 0.608. The zero-order chi connectivity index (χ0) is 10.2. The van der Waals surface area contributed by atoms with Gasteiger partial charge < -0.3 is 0 Å². The predicted molar refractivity (Wildman–Crippen MR) is 59.7 cm³/mol. The number of rotatable bonds is 3. The van der Waals surface area contributed by atoms with Crippen molar-refractivity contribution in [2.24, 2.45) is 29.1 Å². The summed E-state index contributed by atoms with van der Waals surface area (Å²) in [7, 11) is 0. The van der Waals surface area contributed by atoms with Crippen LogP contribution in [-0.4, -0.2) is 0 Å². The number of hydrogen-bond donors (Lipinski definition) is 0. The Balaban J connectivity index is 2.40. The van der Waals surface area contributed by atoms with E-state index in [1.54, 1.807) is 0 Å². The first-order valence-corrected chi connectivity index (χ1v) is 5.87. The van der Waals surface area contributed by atoms with Crippen LogP contribution in [0.2, 0.25) is 0 Å². The van der Waals surface area contributed by atoms with Crippen molar-refractivity contribution in [3.63, 3.8) is 0 Å². The maximum absolute atomic E-state index is 2.46.